The number of hydrogen-bond acceptors (Lipinski definition) is 11. The zero-order valence-corrected chi connectivity index (χ0v) is 44.6. The van der Waals surface area contributed by atoms with Crippen LogP contribution in [-0.2, 0) is 54.2 Å². The molecular formula is C56H78F3N7O8. The van der Waals surface area contributed by atoms with Gasteiger partial charge in [-0.15, -0.1) is 0 Å². The number of rotatable bonds is 22. The largest absolute Gasteiger partial charge is 0.494 e. The number of likely N-dealkylation sites (tertiary alicyclic amines) is 1. The van der Waals surface area contributed by atoms with Gasteiger partial charge in [0.15, 0.2) is 0 Å². The van der Waals surface area contributed by atoms with Crippen LogP contribution in [0.2, 0.25) is 0 Å². The van der Waals surface area contributed by atoms with Gasteiger partial charge in [0, 0.05) is 101 Å². The van der Waals surface area contributed by atoms with E-state index in [0.717, 1.165) is 18.4 Å². The number of aromatic nitrogens is 2. The number of halogens is 3. The van der Waals surface area contributed by atoms with Crippen molar-refractivity contribution in [2.45, 2.75) is 160 Å². The molecule has 15 nitrogen and oxygen atoms in total. The van der Waals surface area contributed by atoms with Gasteiger partial charge in [-0.2, -0.15) is 13.2 Å². The Hall–Kier alpha value is -5.17. The molecule has 3 aromatic rings. The van der Waals surface area contributed by atoms with Gasteiger partial charge in [-0.25, -0.2) is 0 Å². The van der Waals surface area contributed by atoms with E-state index in [4.69, 9.17) is 18.9 Å². The lowest BCUT2D eigenvalue weighted by molar-refractivity contribution is -0.146. The molecule has 4 aliphatic rings. The number of carbonyl (C=O) groups is 4. The first-order chi connectivity index (χ1) is 35.1. The molecule has 74 heavy (non-hydrogen) atoms. The van der Waals surface area contributed by atoms with Crippen molar-refractivity contribution in [1.29, 1.82) is 0 Å². The number of benzene rings is 1. The number of hydrogen-bond donors (Lipinski definition) is 3. The number of alkyl halides is 3. The predicted octanol–water partition coefficient (Wildman–Crippen LogP) is 7.79. The van der Waals surface area contributed by atoms with Crippen molar-refractivity contribution in [2.75, 3.05) is 53.7 Å². The van der Waals surface area contributed by atoms with Gasteiger partial charge in [0.05, 0.1) is 53.6 Å². The normalized spacial score (nSPS) is 23.5. The highest BCUT2D eigenvalue weighted by atomic mass is 19.4. The standard InChI is InChI=1S/C56H78F3N7O8/c1-36(2)55(20-17-40(32-55)62-46-19-27-72-35-47(46)71-8)52(70)66-25-18-44-39(34-66)30-43(56(57,58)59)45(63-44)16-9-10-26-73-41-15-11-13-37(29-41)50(68)64-53(3,4)22-28-74-54(5,6)21-24-61-51(69)42-31-48(67)65(7)49(42)38-14-12-23-60-33-38/h11-15,23,29-30,33,36,40,42,46-47,49,62H,9-10,16-22,24-28,31-32,34-35H2,1-8H3,(H,61,69)(H,64,68)/t40-,42+,46+,47-,49-,55+/m1/s1. The minimum absolute atomic E-state index is 0.00359. The van der Waals surface area contributed by atoms with E-state index < -0.39 is 34.2 Å². The van der Waals surface area contributed by atoms with Gasteiger partial charge in [-0.3, -0.25) is 29.1 Å². The van der Waals surface area contributed by atoms with Crippen LogP contribution in [0, 0.1) is 17.3 Å². The molecule has 0 bridgehead atoms. The Morgan fingerprint density at radius 3 is 2.54 bits per heavy atom. The van der Waals surface area contributed by atoms with E-state index in [0.29, 0.717) is 100 Å². The Bertz CT molecular complexity index is 2420. The molecule has 3 aliphatic heterocycles. The number of unbranched alkanes of at least 4 members (excludes halogenated alkanes) is 1. The Morgan fingerprint density at radius 2 is 1.81 bits per heavy atom. The predicted molar refractivity (Wildman–Crippen MR) is 273 cm³/mol. The maximum Gasteiger partial charge on any atom is 0.418 e. The van der Waals surface area contributed by atoms with E-state index in [1.54, 1.807) is 66.7 Å². The SMILES string of the molecule is CO[C@@H]1COCC[C@@H]1N[C@@H]1CC[C@@](C(=O)N2CCc3nc(CCCCOc4cccc(C(=O)NC(C)(C)CCOC(C)(C)CCNC(=O)[C@H]5CC(=O)N(C)[C@@H]5c5cccnc5)c4)c(C(F)(F)F)cc3C2)(C(C)C)C1. The van der Waals surface area contributed by atoms with Crippen LogP contribution in [0.1, 0.15) is 144 Å². The maximum atomic E-state index is 14.6. The molecule has 7 rings (SSSR count). The number of methoxy groups -OCH3 is 1. The van der Waals surface area contributed by atoms with Gasteiger partial charge in [-0.1, -0.05) is 26.0 Å². The Kier molecular flexibility index (Phi) is 18.5. The van der Waals surface area contributed by atoms with E-state index in [9.17, 15) is 32.3 Å². The van der Waals surface area contributed by atoms with Crippen molar-refractivity contribution in [3.05, 3.63) is 88.5 Å². The highest BCUT2D eigenvalue weighted by molar-refractivity contribution is 5.95. The van der Waals surface area contributed by atoms with Crippen molar-refractivity contribution in [3.63, 3.8) is 0 Å². The van der Waals surface area contributed by atoms with Gasteiger partial charge < -0.3 is 44.7 Å². The van der Waals surface area contributed by atoms with Gasteiger partial charge in [0.2, 0.25) is 17.7 Å². The van der Waals surface area contributed by atoms with E-state index in [-0.39, 0.29) is 85.5 Å². The average molecular weight is 1030 g/mol. The van der Waals surface area contributed by atoms with E-state index in [2.05, 4.69) is 39.8 Å². The second-order valence-electron chi connectivity index (χ2n) is 22.3. The number of fused-ring (bicyclic) bond motifs is 1. The molecule has 1 saturated carbocycles. The molecule has 4 amide bonds. The zero-order valence-electron chi connectivity index (χ0n) is 44.6. The number of ether oxygens (including phenoxy) is 4. The van der Waals surface area contributed by atoms with Gasteiger partial charge >= 0.3 is 6.18 Å². The van der Waals surface area contributed by atoms with Gasteiger partial charge in [-0.05, 0) is 133 Å². The molecule has 0 unspecified atom stereocenters. The van der Waals surface area contributed by atoms with Crippen LogP contribution < -0.4 is 20.7 Å². The van der Waals surface area contributed by atoms with Gasteiger partial charge in [0.1, 0.15) is 5.75 Å². The summed E-state index contributed by atoms with van der Waals surface area (Å²) in [5, 5.41) is 9.83. The number of nitrogens with one attached hydrogen (secondary N) is 3. The fourth-order valence-electron chi connectivity index (χ4n) is 11.2. The highest BCUT2D eigenvalue weighted by Gasteiger charge is 2.50. The average Bonchev–Trinajstić information content (AvgIpc) is 3.93. The first-order valence-corrected chi connectivity index (χ1v) is 26.5. The van der Waals surface area contributed by atoms with Crippen molar-refractivity contribution < 1.29 is 51.3 Å². The molecular weight excluding hydrogens is 956 g/mol. The van der Waals surface area contributed by atoms with Crippen LogP contribution >= 0.6 is 0 Å². The lowest BCUT2D eigenvalue weighted by atomic mass is 9.74. The number of carbonyl (C=O) groups excluding carboxylic acids is 4. The van der Waals surface area contributed by atoms with Gasteiger partial charge in [0.25, 0.3) is 5.91 Å². The van der Waals surface area contributed by atoms with Crippen molar-refractivity contribution in [2.24, 2.45) is 17.3 Å². The van der Waals surface area contributed by atoms with Crippen molar-refractivity contribution in [3.8, 4) is 5.75 Å². The first-order valence-electron chi connectivity index (χ1n) is 26.5. The number of amides is 4. The molecule has 5 heterocycles. The lowest BCUT2D eigenvalue weighted by Gasteiger charge is -2.40. The minimum atomic E-state index is -4.61. The molecule has 1 aliphatic carbocycles. The summed E-state index contributed by atoms with van der Waals surface area (Å²) in [6, 6.07) is 11.6. The molecule has 1 aromatic carbocycles. The molecule has 2 aromatic heterocycles. The van der Waals surface area contributed by atoms with Crippen LogP contribution in [0.25, 0.3) is 0 Å². The first kappa shape index (κ1) is 56.6. The third-order valence-electron chi connectivity index (χ3n) is 15.8. The third-order valence-corrected chi connectivity index (χ3v) is 15.8. The fraction of sp³-hybridized carbons (Fsp3) is 0.643. The monoisotopic (exact) mass is 1030 g/mol. The van der Waals surface area contributed by atoms with E-state index in [1.807, 2.05) is 33.8 Å². The molecule has 3 fully saturated rings. The number of aryl methyl sites for hydroxylation is 1. The summed E-state index contributed by atoms with van der Waals surface area (Å²) in [5.41, 5.74) is -0.304. The molecule has 406 valence electrons. The quantitative estimate of drug-likeness (QED) is 0.0839. The summed E-state index contributed by atoms with van der Waals surface area (Å²) in [5.74, 6) is -0.557. The molecule has 2 saturated heterocycles. The summed E-state index contributed by atoms with van der Waals surface area (Å²) in [6.07, 6.45) is 4.26. The molecule has 3 N–H and O–H groups in total. The fourth-order valence-corrected chi connectivity index (χ4v) is 11.2. The smallest absolute Gasteiger partial charge is 0.418 e. The molecule has 0 spiro atoms. The van der Waals surface area contributed by atoms with Crippen molar-refractivity contribution >= 4 is 23.6 Å². The minimum Gasteiger partial charge on any atom is -0.494 e. The van der Waals surface area contributed by atoms with Crippen LogP contribution in [0.3, 0.4) is 0 Å². The van der Waals surface area contributed by atoms with Crippen LogP contribution in [0.4, 0.5) is 13.2 Å². The van der Waals surface area contributed by atoms with E-state index >= 15 is 0 Å². The lowest BCUT2D eigenvalue weighted by Crippen LogP contribution is -2.52. The molecule has 18 heteroatoms. The number of pyridine rings is 2. The summed E-state index contributed by atoms with van der Waals surface area (Å²) < 4.78 is 67.4. The summed E-state index contributed by atoms with van der Waals surface area (Å²) in [6.45, 7) is 14.5. The Labute approximate surface area is 434 Å². The summed E-state index contributed by atoms with van der Waals surface area (Å²) in [7, 11) is 3.39. The topological polar surface area (TPSA) is 174 Å². The third kappa shape index (κ3) is 14.0. The van der Waals surface area contributed by atoms with Crippen LogP contribution in [-0.4, -0.2) is 126 Å². The van der Waals surface area contributed by atoms with Crippen molar-refractivity contribution in [1.82, 2.24) is 35.7 Å². The maximum absolute atomic E-state index is 14.6. The second-order valence-corrected chi connectivity index (χ2v) is 22.3. The molecule has 0 radical (unpaired) electrons. The Morgan fingerprint density at radius 1 is 1.01 bits per heavy atom. The van der Waals surface area contributed by atoms with Crippen LogP contribution in [0.5, 0.6) is 5.75 Å². The zero-order chi connectivity index (χ0) is 53.4. The Balaban J connectivity index is 0.842. The number of nitrogens with zero attached hydrogens (tertiary/aromatic N) is 4. The summed E-state index contributed by atoms with van der Waals surface area (Å²) in [4.78, 5) is 65.8. The van der Waals surface area contributed by atoms with E-state index in [1.165, 1.54) is 6.07 Å². The summed E-state index contributed by atoms with van der Waals surface area (Å²) >= 11 is 0. The second kappa shape index (κ2) is 24.2. The highest BCUT2D eigenvalue weighted by Crippen LogP contribution is 2.47. The van der Waals surface area contributed by atoms with Crippen LogP contribution in [0.15, 0.2) is 54.9 Å². The molecule has 6 atom stereocenters.